The molecule has 0 fully saturated rings. The monoisotopic (exact) mass is 302 g/mol. The molecule has 0 spiro atoms. The largest absolute Gasteiger partial charge is 0.545 e. The predicted molar refractivity (Wildman–Crippen MR) is 77.9 cm³/mol. The molecule has 0 atom stereocenters. The maximum Gasteiger partial charge on any atom is 0.343 e. The van der Waals surface area contributed by atoms with Crippen LogP contribution in [0.3, 0.4) is 0 Å². The Kier molecular flexibility index (Phi) is 6.05. The highest BCUT2D eigenvalue weighted by molar-refractivity contribution is 5.85. The number of nitrogens with two attached hydrogens (primary N) is 2. The number of rotatable bonds is 3. The Labute approximate surface area is 125 Å². The van der Waals surface area contributed by atoms with Crippen LogP contribution in [0.1, 0.15) is 10.4 Å². The third kappa shape index (κ3) is 5.70. The first-order valence-corrected chi connectivity index (χ1v) is 6.06. The van der Waals surface area contributed by atoms with Crippen LogP contribution in [-0.2, 0) is 0 Å². The minimum atomic E-state index is -1.13. The van der Waals surface area contributed by atoms with Gasteiger partial charge in [0.15, 0.2) is 0 Å². The van der Waals surface area contributed by atoms with Crippen molar-refractivity contribution in [3.63, 3.8) is 0 Å². The highest BCUT2D eigenvalue weighted by Gasteiger charge is 2.03. The van der Waals surface area contributed by atoms with Gasteiger partial charge in [0.25, 0.3) is 5.69 Å². The van der Waals surface area contributed by atoms with Gasteiger partial charge >= 0.3 is 5.96 Å². The molecule has 0 amide bonds. The first-order valence-electron chi connectivity index (χ1n) is 6.06. The SMILES string of the molecule is NC(N)=[NH+]c1ccc([N+](=O)[O-])cc1.O=C([O-])c1ccccc1. The smallest absolute Gasteiger partial charge is 0.343 e. The number of nitrogens with zero attached hydrogens (tertiary/aromatic N) is 1. The van der Waals surface area contributed by atoms with Gasteiger partial charge in [0, 0.05) is 12.1 Å². The van der Waals surface area contributed by atoms with E-state index in [1.165, 1.54) is 36.4 Å². The summed E-state index contributed by atoms with van der Waals surface area (Å²) in [5.74, 6) is -1.08. The standard InChI is InChI=1S/C7H8N4O2.C7H6O2/c8-7(9)10-5-1-3-6(4-2-5)11(12)13;8-7(9)6-4-2-1-3-5-6/h1-4H,(H4,8,9,10);1-5H,(H,8,9). The molecule has 2 aromatic carbocycles. The van der Waals surface area contributed by atoms with Crippen LogP contribution < -0.4 is 21.6 Å². The molecule has 114 valence electrons. The summed E-state index contributed by atoms with van der Waals surface area (Å²) in [6.07, 6.45) is 0. The zero-order valence-electron chi connectivity index (χ0n) is 11.4. The molecule has 0 unspecified atom stereocenters. The lowest BCUT2D eigenvalue weighted by atomic mass is 10.2. The molecule has 5 N–H and O–H groups in total. The second-order valence-corrected chi connectivity index (χ2v) is 4.04. The van der Waals surface area contributed by atoms with Gasteiger partial charge in [0.2, 0.25) is 0 Å². The molecule has 0 bridgehead atoms. The van der Waals surface area contributed by atoms with Crippen molar-refractivity contribution in [1.29, 1.82) is 0 Å². The van der Waals surface area contributed by atoms with Crippen molar-refractivity contribution in [2.75, 3.05) is 0 Å². The number of carboxylic acid groups (broad SMARTS) is 1. The number of nitro groups is 1. The zero-order chi connectivity index (χ0) is 16.5. The van der Waals surface area contributed by atoms with E-state index in [1.807, 2.05) is 0 Å². The number of hydrogen-bond acceptors (Lipinski definition) is 4. The Bertz CT molecular complexity index is 665. The first-order chi connectivity index (χ1) is 10.4. The van der Waals surface area contributed by atoms with Crippen molar-refractivity contribution in [2.24, 2.45) is 11.5 Å². The number of guanidine groups is 1. The van der Waals surface area contributed by atoms with Crippen LogP contribution in [0, 0.1) is 10.1 Å². The Balaban J connectivity index is 0.000000235. The normalized spacial score (nSPS) is 9.09. The summed E-state index contributed by atoms with van der Waals surface area (Å²) in [5.41, 5.74) is 11.2. The van der Waals surface area contributed by atoms with Crippen LogP contribution in [0.15, 0.2) is 54.6 Å². The van der Waals surface area contributed by atoms with E-state index in [4.69, 9.17) is 11.5 Å². The summed E-state index contributed by atoms with van der Waals surface area (Å²) in [4.78, 5) is 22.5. The van der Waals surface area contributed by atoms with Gasteiger partial charge in [0.1, 0.15) is 0 Å². The van der Waals surface area contributed by atoms with Gasteiger partial charge in [-0.2, -0.15) is 0 Å². The predicted octanol–water partition coefficient (Wildman–Crippen LogP) is -1.37. The second kappa shape index (κ2) is 8.00. The van der Waals surface area contributed by atoms with Gasteiger partial charge in [-0.3, -0.25) is 21.6 Å². The van der Waals surface area contributed by atoms with Gasteiger partial charge in [-0.25, -0.2) is 4.99 Å². The fourth-order valence-corrected chi connectivity index (χ4v) is 1.41. The Hall–Kier alpha value is -3.42. The van der Waals surface area contributed by atoms with E-state index in [0.29, 0.717) is 5.69 Å². The van der Waals surface area contributed by atoms with Gasteiger partial charge in [0.05, 0.1) is 16.6 Å². The van der Waals surface area contributed by atoms with Crippen molar-refractivity contribution in [1.82, 2.24) is 0 Å². The maximum atomic E-state index is 10.3. The van der Waals surface area contributed by atoms with Crippen molar-refractivity contribution < 1.29 is 19.8 Å². The summed E-state index contributed by atoms with van der Waals surface area (Å²) in [6, 6.07) is 13.8. The van der Waals surface area contributed by atoms with E-state index in [9.17, 15) is 20.0 Å². The number of non-ortho nitro benzene ring substituents is 1. The number of aromatic carboxylic acids is 1. The topological polar surface area (TPSA) is 149 Å². The lowest BCUT2D eigenvalue weighted by Crippen LogP contribution is -2.72. The quantitative estimate of drug-likeness (QED) is 0.275. The molecule has 8 heteroatoms. The molecule has 8 nitrogen and oxygen atoms in total. The molecule has 0 saturated heterocycles. The van der Waals surface area contributed by atoms with Crippen LogP contribution in [0.2, 0.25) is 0 Å². The minimum Gasteiger partial charge on any atom is -0.545 e. The Morgan fingerprint density at radius 1 is 1.00 bits per heavy atom. The minimum absolute atomic E-state index is 0.0288. The fourth-order valence-electron chi connectivity index (χ4n) is 1.41. The van der Waals surface area contributed by atoms with E-state index in [0.717, 1.165) is 0 Å². The van der Waals surface area contributed by atoms with Crippen LogP contribution in [0.4, 0.5) is 11.4 Å². The van der Waals surface area contributed by atoms with Crippen LogP contribution in [-0.4, -0.2) is 16.9 Å². The molecule has 2 rings (SSSR count). The molecule has 2 aromatic rings. The number of carbonyl (C=O) groups is 1. The van der Waals surface area contributed by atoms with Gasteiger partial charge in [-0.1, -0.05) is 30.3 Å². The summed E-state index contributed by atoms with van der Waals surface area (Å²) >= 11 is 0. The van der Waals surface area contributed by atoms with Crippen molar-refractivity contribution in [3.8, 4) is 0 Å². The Morgan fingerprint density at radius 3 is 1.91 bits per heavy atom. The number of benzene rings is 2. The number of hydrogen-bond donors (Lipinski definition) is 3. The molecule has 0 aliphatic rings. The molecule has 22 heavy (non-hydrogen) atoms. The highest BCUT2D eigenvalue weighted by Crippen LogP contribution is 2.11. The first kappa shape index (κ1) is 16.6. The summed E-state index contributed by atoms with van der Waals surface area (Å²) in [7, 11) is 0. The summed E-state index contributed by atoms with van der Waals surface area (Å²) in [6.45, 7) is 0. The highest BCUT2D eigenvalue weighted by atomic mass is 16.6. The summed E-state index contributed by atoms with van der Waals surface area (Å²) in [5, 5.41) is 20.4. The average Bonchev–Trinajstić information content (AvgIpc) is 2.48. The number of carboxylic acids is 1. The second-order valence-electron chi connectivity index (χ2n) is 4.04. The Morgan fingerprint density at radius 2 is 1.55 bits per heavy atom. The van der Waals surface area contributed by atoms with E-state index in [-0.39, 0.29) is 17.2 Å². The zero-order valence-corrected chi connectivity index (χ0v) is 11.4. The molecular formula is C14H14N4O4. The van der Waals surface area contributed by atoms with Gasteiger partial charge in [-0.15, -0.1) is 0 Å². The molecule has 0 heterocycles. The lowest BCUT2D eigenvalue weighted by Gasteiger charge is -1.97. The van der Waals surface area contributed by atoms with Crippen molar-refractivity contribution >= 4 is 23.3 Å². The van der Waals surface area contributed by atoms with Crippen LogP contribution >= 0.6 is 0 Å². The molecule has 0 aliphatic carbocycles. The average molecular weight is 302 g/mol. The van der Waals surface area contributed by atoms with Crippen LogP contribution in [0.5, 0.6) is 0 Å². The molecular weight excluding hydrogens is 288 g/mol. The van der Waals surface area contributed by atoms with Crippen LogP contribution in [0.25, 0.3) is 0 Å². The third-order valence-corrected chi connectivity index (χ3v) is 2.38. The fraction of sp³-hybridized carbons (Fsp3) is 0. The van der Waals surface area contributed by atoms with E-state index >= 15 is 0 Å². The third-order valence-electron chi connectivity index (χ3n) is 2.38. The number of nitro benzene ring substituents is 1. The molecule has 0 saturated carbocycles. The molecule has 0 radical (unpaired) electrons. The van der Waals surface area contributed by atoms with Crippen molar-refractivity contribution in [3.05, 3.63) is 70.3 Å². The van der Waals surface area contributed by atoms with E-state index in [1.54, 1.807) is 18.2 Å². The number of carbonyl (C=O) groups excluding carboxylic acids is 1. The summed E-state index contributed by atoms with van der Waals surface area (Å²) < 4.78 is 0. The van der Waals surface area contributed by atoms with Crippen molar-refractivity contribution in [2.45, 2.75) is 0 Å². The molecule has 0 aliphatic heterocycles. The molecule has 0 aromatic heterocycles. The maximum absolute atomic E-state index is 10.3. The van der Waals surface area contributed by atoms with E-state index in [2.05, 4.69) is 4.99 Å². The number of nitrogens with one attached hydrogen (secondary N) is 1. The lowest BCUT2D eigenvalue weighted by molar-refractivity contribution is -0.385. The van der Waals surface area contributed by atoms with Gasteiger partial charge in [-0.05, 0) is 17.7 Å². The van der Waals surface area contributed by atoms with Gasteiger partial charge < -0.3 is 9.90 Å². The van der Waals surface area contributed by atoms with E-state index < -0.39 is 10.9 Å².